The van der Waals surface area contributed by atoms with Crippen LogP contribution in [-0.2, 0) is 25.5 Å². The SMILES string of the molecule is CC(C)(OC(=O)C(Cc1ccccc1)C(=O)OC(C)(C)C1CCNCC1)C1CCNCC1. The van der Waals surface area contributed by atoms with Gasteiger partial charge in [0, 0.05) is 11.8 Å². The van der Waals surface area contributed by atoms with Crippen molar-refractivity contribution < 1.29 is 19.1 Å². The van der Waals surface area contributed by atoms with Gasteiger partial charge in [0.15, 0.2) is 5.92 Å². The number of piperidine rings is 2. The van der Waals surface area contributed by atoms with Crippen LogP contribution in [0.25, 0.3) is 0 Å². The highest BCUT2D eigenvalue weighted by Crippen LogP contribution is 2.33. The molecule has 3 rings (SSSR count). The minimum absolute atomic E-state index is 0.271. The number of ether oxygens (including phenoxy) is 2. The fraction of sp³-hybridized carbons (Fsp3) is 0.692. The molecule has 0 amide bonds. The molecular formula is C26H40N2O4. The molecule has 6 nitrogen and oxygen atoms in total. The van der Waals surface area contributed by atoms with Gasteiger partial charge in [0.05, 0.1) is 0 Å². The number of hydrogen-bond acceptors (Lipinski definition) is 6. The fourth-order valence-corrected chi connectivity index (χ4v) is 4.97. The Morgan fingerprint density at radius 3 is 1.62 bits per heavy atom. The Hall–Kier alpha value is -1.92. The van der Waals surface area contributed by atoms with Crippen LogP contribution in [0.3, 0.4) is 0 Å². The van der Waals surface area contributed by atoms with Gasteiger partial charge in [0.1, 0.15) is 11.2 Å². The van der Waals surface area contributed by atoms with Crippen LogP contribution in [0.1, 0.15) is 58.9 Å². The standard InChI is InChI=1S/C26H40N2O4/c1-25(2,20-10-14-27-15-11-20)31-23(29)22(18-19-8-6-5-7-9-19)24(30)32-26(3,4)21-12-16-28-17-13-21/h5-9,20-22,27-28H,10-18H2,1-4H3. The minimum Gasteiger partial charge on any atom is -0.459 e. The predicted octanol–water partition coefficient (Wildman–Crippen LogP) is 3.49. The molecule has 2 saturated heterocycles. The molecule has 1 aromatic rings. The molecule has 2 fully saturated rings. The highest BCUT2D eigenvalue weighted by molar-refractivity contribution is 5.95. The summed E-state index contributed by atoms with van der Waals surface area (Å²) in [6.45, 7) is 11.5. The first-order valence-electron chi connectivity index (χ1n) is 12.1. The molecule has 0 unspecified atom stereocenters. The van der Waals surface area contributed by atoms with E-state index in [4.69, 9.17) is 9.47 Å². The zero-order valence-electron chi connectivity index (χ0n) is 20.1. The largest absolute Gasteiger partial charge is 0.459 e. The molecule has 0 aliphatic carbocycles. The Labute approximate surface area is 192 Å². The normalized spacial score (nSPS) is 19.0. The molecule has 2 N–H and O–H groups in total. The van der Waals surface area contributed by atoms with E-state index in [1.54, 1.807) is 0 Å². The van der Waals surface area contributed by atoms with E-state index >= 15 is 0 Å². The molecule has 0 radical (unpaired) electrons. The highest BCUT2D eigenvalue weighted by atomic mass is 16.6. The van der Waals surface area contributed by atoms with Gasteiger partial charge in [0.25, 0.3) is 0 Å². The van der Waals surface area contributed by atoms with E-state index < -0.39 is 29.1 Å². The lowest BCUT2D eigenvalue weighted by molar-refractivity contribution is -0.182. The Morgan fingerprint density at radius 1 is 0.812 bits per heavy atom. The van der Waals surface area contributed by atoms with E-state index in [-0.39, 0.29) is 18.3 Å². The summed E-state index contributed by atoms with van der Waals surface area (Å²) in [5.74, 6) is -1.40. The first kappa shape index (κ1) is 24.7. The van der Waals surface area contributed by atoms with Crippen molar-refractivity contribution in [2.45, 2.75) is 71.0 Å². The third-order valence-electron chi connectivity index (χ3n) is 7.22. The maximum absolute atomic E-state index is 13.4. The van der Waals surface area contributed by atoms with Crippen LogP contribution in [0, 0.1) is 17.8 Å². The number of benzene rings is 1. The molecule has 0 atom stereocenters. The molecule has 0 saturated carbocycles. The van der Waals surface area contributed by atoms with Crippen LogP contribution in [0.2, 0.25) is 0 Å². The third-order valence-corrected chi connectivity index (χ3v) is 7.22. The van der Waals surface area contributed by atoms with E-state index in [9.17, 15) is 9.59 Å². The van der Waals surface area contributed by atoms with Crippen LogP contribution in [0.15, 0.2) is 30.3 Å². The molecule has 0 bridgehead atoms. The summed E-state index contributed by atoms with van der Waals surface area (Å²) in [4.78, 5) is 26.7. The van der Waals surface area contributed by atoms with Crippen molar-refractivity contribution in [1.29, 1.82) is 0 Å². The van der Waals surface area contributed by atoms with Crippen molar-refractivity contribution in [3.63, 3.8) is 0 Å². The summed E-state index contributed by atoms with van der Waals surface area (Å²) in [6, 6.07) is 9.63. The topological polar surface area (TPSA) is 76.7 Å². The summed E-state index contributed by atoms with van der Waals surface area (Å²) in [6.07, 6.45) is 4.10. The van der Waals surface area contributed by atoms with Crippen molar-refractivity contribution in [3.8, 4) is 0 Å². The van der Waals surface area contributed by atoms with Gasteiger partial charge >= 0.3 is 11.9 Å². The second-order valence-electron chi connectivity index (χ2n) is 10.3. The summed E-state index contributed by atoms with van der Waals surface area (Å²) in [5.41, 5.74) is -0.330. The van der Waals surface area contributed by atoms with Gasteiger partial charge in [-0.2, -0.15) is 0 Å². The molecule has 2 aliphatic heterocycles. The first-order chi connectivity index (χ1) is 15.2. The second kappa shape index (κ2) is 10.8. The molecule has 0 aromatic heterocycles. The number of hydrogen-bond donors (Lipinski definition) is 2. The van der Waals surface area contributed by atoms with Crippen molar-refractivity contribution >= 4 is 11.9 Å². The quantitative estimate of drug-likeness (QED) is 0.472. The van der Waals surface area contributed by atoms with E-state index in [0.29, 0.717) is 0 Å². The van der Waals surface area contributed by atoms with Gasteiger partial charge in [-0.05, 0) is 91.5 Å². The van der Waals surface area contributed by atoms with Crippen LogP contribution in [0.5, 0.6) is 0 Å². The number of nitrogens with one attached hydrogen (secondary N) is 2. The van der Waals surface area contributed by atoms with Crippen molar-refractivity contribution in [2.24, 2.45) is 17.8 Å². The van der Waals surface area contributed by atoms with Gasteiger partial charge in [-0.3, -0.25) is 9.59 Å². The Kier molecular flexibility index (Phi) is 8.34. The molecule has 178 valence electrons. The van der Waals surface area contributed by atoms with Gasteiger partial charge in [-0.25, -0.2) is 0 Å². The van der Waals surface area contributed by atoms with Crippen LogP contribution in [0.4, 0.5) is 0 Å². The Balaban J connectivity index is 1.74. The summed E-state index contributed by atoms with van der Waals surface area (Å²) in [5, 5.41) is 6.70. The van der Waals surface area contributed by atoms with Gasteiger partial charge < -0.3 is 20.1 Å². The summed E-state index contributed by atoms with van der Waals surface area (Å²) >= 11 is 0. The Morgan fingerprint density at radius 2 is 1.22 bits per heavy atom. The van der Waals surface area contributed by atoms with E-state index in [0.717, 1.165) is 57.4 Å². The number of esters is 2. The highest BCUT2D eigenvalue weighted by Gasteiger charge is 2.42. The lowest BCUT2D eigenvalue weighted by Gasteiger charge is -2.39. The van der Waals surface area contributed by atoms with Gasteiger partial charge in [0.2, 0.25) is 0 Å². The zero-order valence-corrected chi connectivity index (χ0v) is 20.1. The number of carbonyl (C=O) groups excluding carboxylic acids is 2. The van der Waals surface area contributed by atoms with Gasteiger partial charge in [-0.15, -0.1) is 0 Å². The van der Waals surface area contributed by atoms with Crippen LogP contribution < -0.4 is 10.6 Å². The smallest absolute Gasteiger partial charge is 0.321 e. The lowest BCUT2D eigenvalue weighted by Crippen LogP contribution is -2.47. The minimum atomic E-state index is -0.973. The summed E-state index contributed by atoms with van der Waals surface area (Å²) in [7, 11) is 0. The number of carbonyl (C=O) groups is 2. The summed E-state index contributed by atoms with van der Waals surface area (Å²) < 4.78 is 12.0. The maximum atomic E-state index is 13.4. The van der Waals surface area contributed by atoms with Crippen LogP contribution in [-0.4, -0.2) is 49.3 Å². The van der Waals surface area contributed by atoms with Crippen molar-refractivity contribution in [1.82, 2.24) is 10.6 Å². The third kappa shape index (κ3) is 6.55. The molecule has 2 aliphatic rings. The maximum Gasteiger partial charge on any atom is 0.321 e. The van der Waals surface area contributed by atoms with Crippen molar-refractivity contribution in [3.05, 3.63) is 35.9 Å². The van der Waals surface area contributed by atoms with E-state index in [1.807, 2.05) is 58.0 Å². The molecule has 32 heavy (non-hydrogen) atoms. The molecule has 0 spiro atoms. The van der Waals surface area contributed by atoms with E-state index in [2.05, 4.69) is 10.6 Å². The van der Waals surface area contributed by atoms with Gasteiger partial charge in [-0.1, -0.05) is 30.3 Å². The molecular weight excluding hydrogens is 404 g/mol. The second-order valence-corrected chi connectivity index (χ2v) is 10.3. The number of rotatable bonds is 8. The zero-order chi connectivity index (χ0) is 23.2. The predicted molar refractivity (Wildman–Crippen MR) is 125 cm³/mol. The monoisotopic (exact) mass is 444 g/mol. The average Bonchev–Trinajstić information content (AvgIpc) is 2.78. The van der Waals surface area contributed by atoms with Crippen molar-refractivity contribution in [2.75, 3.05) is 26.2 Å². The first-order valence-corrected chi connectivity index (χ1v) is 12.1. The lowest BCUT2D eigenvalue weighted by atomic mass is 9.83. The van der Waals surface area contributed by atoms with E-state index in [1.165, 1.54) is 0 Å². The molecule has 2 heterocycles. The molecule has 6 heteroatoms. The average molecular weight is 445 g/mol. The fourth-order valence-electron chi connectivity index (χ4n) is 4.97. The Bertz CT molecular complexity index is 706. The van der Waals surface area contributed by atoms with Crippen LogP contribution >= 0.6 is 0 Å². The molecule has 1 aromatic carbocycles.